The number of piperidine rings is 1. The molecule has 3 aromatic heterocycles. The summed E-state index contributed by atoms with van der Waals surface area (Å²) in [5.41, 5.74) is 4.95. The third-order valence-electron chi connectivity index (χ3n) is 5.78. The lowest BCUT2D eigenvalue weighted by atomic mass is 10.00. The number of aryl methyl sites for hydroxylation is 1. The van der Waals surface area contributed by atoms with Crippen LogP contribution in [0.1, 0.15) is 12.8 Å². The lowest BCUT2D eigenvalue weighted by Gasteiger charge is -2.32. The number of benzene rings is 1. The third kappa shape index (κ3) is 3.25. The van der Waals surface area contributed by atoms with E-state index in [9.17, 15) is 0 Å². The van der Waals surface area contributed by atoms with Crippen LogP contribution in [0.15, 0.2) is 42.9 Å². The van der Waals surface area contributed by atoms with E-state index in [1.54, 1.807) is 4.68 Å². The molecule has 0 spiro atoms. The van der Waals surface area contributed by atoms with Crippen molar-refractivity contribution < 1.29 is 0 Å². The zero-order chi connectivity index (χ0) is 19.8. The highest BCUT2D eigenvalue weighted by Gasteiger charge is 2.20. The number of hydrogen-bond acceptors (Lipinski definition) is 6. The lowest BCUT2D eigenvalue weighted by molar-refractivity contribution is 0.441. The molecule has 0 radical (unpaired) electrons. The Kier molecular flexibility index (Phi) is 4.48. The highest BCUT2D eigenvalue weighted by atomic mass is 15.3. The molecule has 0 bridgehead atoms. The molecule has 2 N–H and O–H groups in total. The molecule has 4 heterocycles. The number of aromatic amines is 1. The summed E-state index contributed by atoms with van der Waals surface area (Å²) in [6.45, 7) is 2.11. The van der Waals surface area contributed by atoms with Crippen LogP contribution in [0.5, 0.6) is 0 Å². The molecule has 0 unspecified atom stereocenters. The van der Waals surface area contributed by atoms with E-state index in [0.29, 0.717) is 6.04 Å². The Labute approximate surface area is 168 Å². The predicted molar refractivity (Wildman–Crippen MR) is 114 cm³/mol. The van der Waals surface area contributed by atoms with Gasteiger partial charge in [0.25, 0.3) is 0 Å². The fourth-order valence-electron chi connectivity index (χ4n) is 4.10. The average molecular weight is 388 g/mol. The molecule has 1 aromatic carbocycles. The van der Waals surface area contributed by atoms with E-state index < -0.39 is 0 Å². The Morgan fingerprint density at radius 3 is 2.59 bits per heavy atom. The summed E-state index contributed by atoms with van der Waals surface area (Å²) in [5.74, 6) is 0.911. The Hall–Kier alpha value is -3.26. The van der Waals surface area contributed by atoms with Crippen molar-refractivity contribution in [2.75, 3.05) is 25.0 Å². The van der Waals surface area contributed by atoms with Crippen molar-refractivity contribution in [1.29, 1.82) is 0 Å². The minimum Gasteiger partial charge on any atom is -0.355 e. The van der Waals surface area contributed by atoms with Crippen molar-refractivity contribution in [3.63, 3.8) is 0 Å². The standard InChI is InChI=1S/C21H24N8/c1-28-13-14(11-24-28)16-3-4-17(21-18(16)12-23-27-21)19-5-6-20(26-25-19)29(2)15-7-9-22-10-8-15/h3-6,11-13,15,22H,7-10H2,1-2H3,(H,23,27). The molecule has 5 rings (SSSR count). The third-order valence-corrected chi connectivity index (χ3v) is 5.78. The molecule has 29 heavy (non-hydrogen) atoms. The molecule has 0 atom stereocenters. The van der Waals surface area contributed by atoms with Gasteiger partial charge < -0.3 is 10.2 Å². The van der Waals surface area contributed by atoms with Crippen molar-refractivity contribution in [2.45, 2.75) is 18.9 Å². The Morgan fingerprint density at radius 2 is 1.86 bits per heavy atom. The summed E-state index contributed by atoms with van der Waals surface area (Å²) in [4.78, 5) is 2.24. The van der Waals surface area contributed by atoms with Crippen LogP contribution in [0, 0.1) is 0 Å². The van der Waals surface area contributed by atoms with Gasteiger partial charge in [0.05, 0.1) is 23.6 Å². The first-order chi connectivity index (χ1) is 14.2. The second-order valence-corrected chi connectivity index (χ2v) is 7.59. The van der Waals surface area contributed by atoms with Gasteiger partial charge in [0.1, 0.15) is 0 Å². The highest BCUT2D eigenvalue weighted by Crippen LogP contribution is 2.33. The van der Waals surface area contributed by atoms with E-state index >= 15 is 0 Å². The summed E-state index contributed by atoms with van der Waals surface area (Å²) in [6, 6.07) is 8.78. The first-order valence-corrected chi connectivity index (χ1v) is 9.93. The van der Waals surface area contributed by atoms with Gasteiger partial charge in [-0.15, -0.1) is 10.2 Å². The summed E-state index contributed by atoms with van der Waals surface area (Å²) < 4.78 is 1.80. The quantitative estimate of drug-likeness (QED) is 0.559. The van der Waals surface area contributed by atoms with Gasteiger partial charge in [-0.2, -0.15) is 10.2 Å². The zero-order valence-electron chi connectivity index (χ0n) is 16.6. The number of rotatable bonds is 4. The van der Waals surface area contributed by atoms with Crippen LogP contribution < -0.4 is 10.2 Å². The number of nitrogens with zero attached hydrogens (tertiary/aromatic N) is 6. The number of H-pyrrole nitrogens is 1. The van der Waals surface area contributed by atoms with E-state index in [-0.39, 0.29) is 0 Å². The first kappa shape index (κ1) is 17.8. The van der Waals surface area contributed by atoms with Crippen LogP contribution in [0.2, 0.25) is 0 Å². The fraction of sp³-hybridized carbons (Fsp3) is 0.333. The number of fused-ring (bicyclic) bond motifs is 1. The average Bonchev–Trinajstić information content (AvgIpc) is 3.43. The molecule has 8 heteroatoms. The SMILES string of the molecule is CN(c1ccc(-c2ccc(-c3cnn(C)c3)c3cn[nH]c23)nn1)C1CCNCC1. The van der Waals surface area contributed by atoms with Gasteiger partial charge >= 0.3 is 0 Å². The smallest absolute Gasteiger partial charge is 0.151 e. The molecule has 1 aliphatic heterocycles. The predicted octanol–water partition coefficient (Wildman–Crippen LogP) is 2.61. The number of anilines is 1. The molecule has 0 saturated carbocycles. The second kappa shape index (κ2) is 7.29. The highest BCUT2D eigenvalue weighted by molar-refractivity contribution is 6.01. The van der Waals surface area contributed by atoms with Crippen molar-refractivity contribution in [1.82, 2.24) is 35.5 Å². The van der Waals surface area contributed by atoms with Gasteiger partial charge in [-0.1, -0.05) is 6.07 Å². The summed E-state index contributed by atoms with van der Waals surface area (Å²) in [6.07, 6.45) is 7.99. The molecule has 1 aliphatic rings. The number of nitrogens with one attached hydrogen (secondary N) is 2. The second-order valence-electron chi connectivity index (χ2n) is 7.59. The largest absolute Gasteiger partial charge is 0.355 e. The van der Waals surface area contributed by atoms with Crippen molar-refractivity contribution in [2.24, 2.45) is 7.05 Å². The number of aromatic nitrogens is 6. The Morgan fingerprint density at radius 1 is 1.03 bits per heavy atom. The Bertz CT molecular complexity index is 1120. The van der Waals surface area contributed by atoms with E-state index in [2.05, 4.69) is 61.0 Å². The summed E-state index contributed by atoms with van der Waals surface area (Å²) >= 11 is 0. The fourth-order valence-corrected chi connectivity index (χ4v) is 4.10. The monoisotopic (exact) mass is 388 g/mol. The van der Waals surface area contributed by atoms with Crippen molar-refractivity contribution in [3.05, 3.63) is 42.9 Å². The van der Waals surface area contributed by atoms with E-state index in [1.165, 1.54) is 0 Å². The van der Waals surface area contributed by atoms with Crippen molar-refractivity contribution in [3.8, 4) is 22.4 Å². The van der Waals surface area contributed by atoms with Crippen LogP contribution in [-0.2, 0) is 7.05 Å². The molecule has 1 saturated heterocycles. The van der Waals surface area contributed by atoms with Crippen LogP contribution in [0.3, 0.4) is 0 Å². The maximum Gasteiger partial charge on any atom is 0.151 e. The van der Waals surface area contributed by atoms with Gasteiger partial charge in [0.2, 0.25) is 0 Å². The maximum atomic E-state index is 4.53. The van der Waals surface area contributed by atoms with Gasteiger partial charge in [-0.05, 0) is 49.7 Å². The normalized spacial score (nSPS) is 15.1. The minimum atomic E-state index is 0.509. The molecule has 4 aromatic rings. The molecule has 8 nitrogen and oxygen atoms in total. The molecular weight excluding hydrogens is 364 g/mol. The first-order valence-electron chi connectivity index (χ1n) is 9.93. The van der Waals surface area contributed by atoms with Gasteiger partial charge in [0.15, 0.2) is 5.82 Å². The van der Waals surface area contributed by atoms with Gasteiger partial charge in [0, 0.05) is 42.8 Å². The van der Waals surface area contributed by atoms with Crippen molar-refractivity contribution >= 4 is 16.7 Å². The minimum absolute atomic E-state index is 0.509. The van der Waals surface area contributed by atoms with E-state index in [4.69, 9.17) is 0 Å². The molecule has 0 amide bonds. The summed E-state index contributed by atoms with van der Waals surface area (Å²) in [7, 11) is 4.03. The zero-order valence-corrected chi connectivity index (χ0v) is 16.6. The Balaban J connectivity index is 1.47. The lowest BCUT2D eigenvalue weighted by Crippen LogP contribution is -2.41. The molecular formula is C21H24N8. The van der Waals surface area contributed by atoms with Crippen LogP contribution in [0.25, 0.3) is 33.3 Å². The van der Waals surface area contributed by atoms with Crippen LogP contribution in [0.4, 0.5) is 5.82 Å². The summed E-state index contributed by atoms with van der Waals surface area (Å²) in [5, 5.41) is 25.2. The van der Waals surface area contributed by atoms with Crippen LogP contribution in [-0.4, -0.2) is 56.4 Å². The van der Waals surface area contributed by atoms with Gasteiger partial charge in [-0.3, -0.25) is 9.78 Å². The topological polar surface area (TPSA) is 87.6 Å². The maximum absolute atomic E-state index is 4.53. The molecule has 0 aliphatic carbocycles. The molecule has 148 valence electrons. The molecule has 1 fully saturated rings. The number of hydrogen-bond donors (Lipinski definition) is 2. The van der Waals surface area contributed by atoms with Crippen LogP contribution >= 0.6 is 0 Å². The van der Waals surface area contributed by atoms with E-state index in [1.807, 2.05) is 31.7 Å². The van der Waals surface area contributed by atoms with Gasteiger partial charge in [-0.25, -0.2) is 0 Å². The van der Waals surface area contributed by atoms with E-state index in [0.717, 1.165) is 65.0 Å².